The van der Waals surface area contributed by atoms with E-state index in [1.807, 2.05) is 0 Å². The van der Waals surface area contributed by atoms with Crippen LogP contribution in [0.3, 0.4) is 0 Å². The third-order valence-electron chi connectivity index (χ3n) is 3.64. The van der Waals surface area contributed by atoms with E-state index < -0.39 is 21.8 Å². The summed E-state index contributed by atoms with van der Waals surface area (Å²) in [6.45, 7) is 1.51. The Balaban J connectivity index is 1.94. The van der Waals surface area contributed by atoms with Gasteiger partial charge in [0.15, 0.2) is 15.7 Å². The van der Waals surface area contributed by atoms with Gasteiger partial charge in [-0.3, -0.25) is 4.79 Å². The van der Waals surface area contributed by atoms with Gasteiger partial charge in [0.2, 0.25) is 6.10 Å². The van der Waals surface area contributed by atoms with Gasteiger partial charge in [-0.1, -0.05) is 17.3 Å². The van der Waals surface area contributed by atoms with Crippen LogP contribution in [0.2, 0.25) is 0 Å². The molecule has 1 aliphatic rings. The lowest BCUT2D eigenvalue weighted by molar-refractivity contribution is -0.132. The van der Waals surface area contributed by atoms with Crippen LogP contribution >= 0.6 is 0 Å². The first kappa shape index (κ1) is 18.1. The number of carbonyl (C=O) groups excluding carboxylic acids is 1. The topological polar surface area (TPSA) is 120 Å². The number of benzene rings is 1. The Labute approximate surface area is 140 Å². The van der Waals surface area contributed by atoms with Crippen LogP contribution in [0.15, 0.2) is 29.4 Å². The first-order valence-electron chi connectivity index (χ1n) is 7.46. The average molecular weight is 355 g/mol. The SMILES string of the molecule is COc1ccccc1/C(N)=N/OC(C)C(=O)NC1CCS(=O)(=O)C1. The first-order chi connectivity index (χ1) is 11.3. The largest absolute Gasteiger partial charge is 0.496 e. The van der Waals surface area contributed by atoms with Crippen molar-refractivity contribution in [3.05, 3.63) is 29.8 Å². The molecule has 8 nitrogen and oxygen atoms in total. The quantitative estimate of drug-likeness (QED) is 0.422. The van der Waals surface area contributed by atoms with E-state index in [1.54, 1.807) is 24.3 Å². The lowest BCUT2D eigenvalue weighted by Crippen LogP contribution is -2.41. The van der Waals surface area contributed by atoms with Crippen molar-refractivity contribution in [2.45, 2.75) is 25.5 Å². The normalized spacial score (nSPS) is 21.1. The summed E-state index contributed by atoms with van der Waals surface area (Å²) in [7, 11) is -1.54. The van der Waals surface area contributed by atoms with Gasteiger partial charge in [-0.2, -0.15) is 0 Å². The molecule has 0 aliphatic carbocycles. The van der Waals surface area contributed by atoms with Gasteiger partial charge >= 0.3 is 0 Å². The van der Waals surface area contributed by atoms with E-state index in [-0.39, 0.29) is 23.4 Å². The monoisotopic (exact) mass is 355 g/mol. The summed E-state index contributed by atoms with van der Waals surface area (Å²) in [6, 6.07) is 6.63. The Morgan fingerprint density at radius 2 is 2.12 bits per heavy atom. The van der Waals surface area contributed by atoms with Crippen molar-refractivity contribution in [2.75, 3.05) is 18.6 Å². The number of hydrogen-bond acceptors (Lipinski definition) is 6. The van der Waals surface area contributed by atoms with Crippen LogP contribution in [-0.4, -0.2) is 50.9 Å². The van der Waals surface area contributed by atoms with Crippen LogP contribution in [0.25, 0.3) is 0 Å². The molecule has 0 aromatic heterocycles. The number of nitrogens with zero attached hydrogens (tertiary/aromatic N) is 1. The molecule has 2 atom stereocenters. The number of ether oxygens (including phenoxy) is 1. The summed E-state index contributed by atoms with van der Waals surface area (Å²) < 4.78 is 28.0. The maximum absolute atomic E-state index is 12.0. The molecule has 1 heterocycles. The van der Waals surface area contributed by atoms with E-state index in [9.17, 15) is 13.2 Å². The molecule has 0 spiro atoms. The van der Waals surface area contributed by atoms with Gasteiger partial charge < -0.3 is 20.6 Å². The number of sulfone groups is 1. The van der Waals surface area contributed by atoms with Crippen LogP contribution in [-0.2, 0) is 19.5 Å². The Morgan fingerprint density at radius 1 is 1.42 bits per heavy atom. The number of oxime groups is 1. The molecule has 0 bridgehead atoms. The molecule has 1 saturated heterocycles. The molecule has 9 heteroatoms. The molecule has 1 amide bonds. The van der Waals surface area contributed by atoms with Gasteiger partial charge in [0.25, 0.3) is 5.91 Å². The van der Waals surface area contributed by atoms with Gasteiger partial charge in [0.1, 0.15) is 5.75 Å². The van der Waals surface area contributed by atoms with E-state index >= 15 is 0 Å². The van der Waals surface area contributed by atoms with E-state index in [1.165, 1.54) is 14.0 Å². The van der Waals surface area contributed by atoms with E-state index in [0.717, 1.165) is 0 Å². The Bertz CT molecular complexity index is 732. The lowest BCUT2D eigenvalue weighted by Gasteiger charge is -2.15. The second-order valence-electron chi connectivity index (χ2n) is 5.53. The fourth-order valence-electron chi connectivity index (χ4n) is 2.32. The zero-order valence-corrected chi connectivity index (χ0v) is 14.4. The molecule has 1 fully saturated rings. The van der Waals surface area contributed by atoms with E-state index in [4.69, 9.17) is 15.3 Å². The molecular weight excluding hydrogens is 334 g/mol. The lowest BCUT2D eigenvalue weighted by atomic mass is 10.2. The van der Waals surface area contributed by atoms with Crippen LogP contribution in [0.1, 0.15) is 18.9 Å². The summed E-state index contributed by atoms with van der Waals surface area (Å²) in [5, 5.41) is 6.40. The van der Waals surface area contributed by atoms with Gasteiger partial charge in [0.05, 0.1) is 24.2 Å². The number of amidine groups is 1. The number of carbonyl (C=O) groups is 1. The molecule has 3 N–H and O–H groups in total. The predicted octanol–water partition coefficient (Wildman–Crippen LogP) is 0.0239. The van der Waals surface area contributed by atoms with Crippen molar-refractivity contribution < 1.29 is 22.8 Å². The minimum atomic E-state index is -3.05. The van der Waals surface area contributed by atoms with Crippen molar-refractivity contribution in [1.29, 1.82) is 0 Å². The molecule has 1 aliphatic heterocycles. The van der Waals surface area contributed by atoms with Crippen LogP contribution in [0.4, 0.5) is 0 Å². The van der Waals surface area contributed by atoms with Gasteiger partial charge in [-0.25, -0.2) is 8.42 Å². The molecule has 2 rings (SSSR count). The fraction of sp³-hybridized carbons (Fsp3) is 0.467. The maximum atomic E-state index is 12.0. The molecular formula is C15H21N3O5S. The highest BCUT2D eigenvalue weighted by Crippen LogP contribution is 2.17. The highest BCUT2D eigenvalue weighted by Gasteiger charge is 2.30. The summed E-state index contributed by atoms with van der Waals surface area (Å²) in [6.07, 6.45) is -0.491. The standard InChI is InChI=1S/C15H21N3O5S/c1-10(15(19)17-11-7-8-24(20,21)9-11)23-18-14(16)12-5-3-4-6-13(12)22-2/h3-6,10-11H,7-9H2,1-2H3,(H2,16,18)(H,17,19). The average Bonchev–Trinajstić information content (AvgIpc) is 2.90. The van der Waals surface area contributed by atoms with Crippen molar-refractivity contribution >= 4 is 21.6 Å². The zero-order valence-electron chi connectivity index (χ0n) is 13.6. The molecule has 132 valence electrons. The van der Waals surface area contributed by atoms with Crippen molar-refractivity contribution in [3.63, 3.8) is 0 Å². The molecule has 0 radical (unpaired) electrons. The van der Waals surface area contributed by atoms with E-state index in [2.05, 4.69) is 10.5 Å². The Hall–Kier alpha value is -2.29. The summed E-state index contributed by atoms with van der Waals surface area (Å²) in [5.41, 5.74) is 6.40. The van der Waals surface area contributed by atoms with Crippen molar-refractivity contribution in [3.8, 4) is 5.75 Å². The first-order valence-corrected chi connectivity index (χ1v) is 9.28. The molecule has 1 aromatic carbocycles. The predicted molar refractivity (Wildman–Crippen MR) is 89.5 cm³/mol. The highest BCUT2D eigenvalue weighted by atomic mass is 32.2. The molecule has 1 aromatic rings. The second-order valence-corrected chi connectivity index (χ2v) is 7.76. The Kier molecular flexibility index (Phi) is 5.66. The van der Waals surface area contributed by atoms with Gasteiger partial charge in [0, 0.05) is 6.04 Å². The smallest absolute Gasteiger partial charge is 0.263 e. The number of methoxy groups -OCH3 is 1. The Morgan fingerprint density at radius 3 is 2.75 bits per heavy atom. The number of nitrogens with one attached hydrogen (secondary N) is 1. The number of amides is 1. The number of rotatable bonds is 6. The number of para-hydroxylation sites is 1. The number of hydrogen-bond donors (Lipinski definition) is 2. The van der Waals surface area contributed by atoms with Crippen molar-refractivity contribution in [2.24, 2.45) is 10.9 Å². The fourth-order valence-corrected chi connectivity index (χ4v) is 3.99. The van der Waals surface area contributed by atoms with Crippen LogP contribution < -0.4 is 15.8 Å². The van der Waals surface area contributed by atoms with Crippen molar-refractivity contribution in [1.82, 2.24) is 5.32 Å². The molecule has 0 saturated carbocycles. The molecule has 2 unspecified atom stereocenters. The summed E-state index contributed by atoms with van der Waals surface area (Å²) in [5.74, 6) is 0.226. The molecule has 24 heavy (non-hydrogen) atoms. The minimum absolute atomic E-state index is 0.0436. The van der Waals surface area contributed by atoms with Gasteiger partial charge in [-0.05, 0) is 25.5 Å². The summed E-state index contributed by atoms with van der Waals surface area (Å²) >= 11 is 0. The van der Waals surface area contributed by atoms with E-state index in [0.29, 0.717) is 17.7 Å². The third-order valence-corrected chi connectivity index (χ3v) is 5.41. The van der Waals surface area contributed by atoms with Crippen LogP contribution in [0, 0.1) is 0 Å². The summed E-state index contributed by atoms with van der Waals surface area (Å²) in [4.78, 5) is 17.1. The van der Waals surface area contributed by atoms with Crippen LogP contribution in [0.5, 0.6) is 5.75 Å². The maximum Gasteiger partial charge on any atom is 0.263 e. The highest BCUT2D eigenvalue weighted by molar-refractivity contribution is 7.91. The zero-order chi connectivity index (χ0) is 17.7. The minimum Gasteiger partial charge on any atom is -0.496 e. The van der Waals surface area contributed by atoms with Gasteiger partial charge in [-0.15, -0.1) is 0 Å². The second kappa shape index (κ2) is 7.52. The third kappa shape index (κ3) is 4.60. The number of nitrogens with two attached hydrogens (primary N) is 1.